The highest BCUT2D eigenvalue weighted by atomic mass is 16.5. The highest BCUT2D eigenvalue weighted by molar-refractivity contribution is 5.78. The standard InChI is InChI=1S/C32H31NO2/c34-31-22-21-30(33(31)24-23-26-13-5-1-6-14-26)25-35-32(27-15-7-2-8-16-27,28-17-9-3-10-18-28)29-19-11-4-12-20-29/h1-20,30H,21-25H2/t30-/m0/s1. The first kappa shape index (κ1) is 23.1. The monoisotopic (exact) mass is 461 g/mol. The zero-order valence-electron chi connectivity index (χ0n) is 19.9. The van der Waals surface area contributed by atoms with E-state index in [0.717, 1.165) is 29.5 Å². The molecule has 1 saturated heterocycles. The van der Waals surface area contributed by atoms with Gasteiger partial charge in [-0.1, -0.05) is 121 Å². The summed E-state index contributed by atoms with van der Waals surface area (Å²) in [6.07, 6.45) is 2.25. The van der Waals surface area contributed by atoms with E-state index in [4.69, 9.17) is 4.74 Å². The molecule has 1 heterocycles. The fourth-order valence-corrected chi connectivity index (χ4v) is 5.16. The van der Waals surface area contributed by atoms with Crippen LogP contribution in [0, 0.1) is 0 Å². The Kier molecular flexibility index (Phi) is 7.06. The van der Waals surface area contributed by atoms with E-state index in [0.29, 0.717) is 19.6 Å². The van der Waals surface area contributed by atoms with E-state index in [1.54, 1.807) is 0 Å². The normalized spacial score (nSPS) is 15.9. The average Bonchev–Trinajstić information content (AvgIpc) is 3.29. The summed E-state index contributed by atoms with van der Waals surface area (Å²) >= 11 is 0. The first-order chi connectivity index (χ1) is 17.3. The highest BCUT2D eigenvalue weighted by Crippen LogP contribution is 2.41. The molecule has 1 amide bonds. The van der Waals surface area contributed by atoms with Crippen molar-refractivity contribution in [2.75, 3.05) is 13.2 Å². The van der Waals surface area contributed by atoms with Crippen molar-refractivity contribution < 1.29 is 9.53 Å². The molecule has 5 rings (SSSR count). The number of hydrogen-bond acceptors (Lipinski definition) is 2. The first-order valence-electron chi connectivity index (χ1n) is 12.4. The van der Waals surface area contributed by atoms with Crippen molar-refractivity contribution in [2.45, 2.75) is 30.9 Å². The maximum atomic E-state index is 12.8. The summed E-state index contributed by atoms with van der Waals surface area (Å²) < 4.78 is 7.01. The fourth-order valence-electron chi connectivity index (χ4n) is 5.16. The van der Waals surface area contributed by atoms with Crippen molar-refractivity contribution >= 4 is 5.91 Å². The van der Waals surface area contributed by atoms with Crippen LogP contribution in [0.5, 0.6) is 0 Å². The summed E-state index contributed by atoms with van der Waals surface area (Å²) in [4.78, 5) is 14.8. The fraction of sp³-hybridized carbons (Fsp3) is 0.219. The Hall–Kier alpha value is -3.69. The molecule has 0 radical (unpaired) electrons. The van der Waals surface area contributed by atoms with Gasteiger partial charge in [0.05, 0.1) is 12.6 Å². The van der Waals surface area contributed by atoms with Gasteiger partial charge < -0.3 is 9.64 Å². The zero-order valence-corrected chi connectivity index (χ0v) is 19.9. The number of carbonyl (C=O) groups excluding carboxylic acids is 1. The SMILES string of the molecule is O=C1CC[C@@H](COC(c2ccccc2)(c2ccccc2)c2ccccc2)N1CCc1ccccc1. The van der Waals surface area contributed by atoms with Gasteiger partial charge in [0.25, 0.3) is 0 Å². The number of hydrogen-bond donors (Lipinski definition) is 0. The van der Waals surface area contributed by atoms with Gasteiger partial charge in [-0.15, -0.1) is 0 Å². The second-order valence-electron chi connectivity index (χ2n) is 9.11. The van der Waals surface area contributed by atoms with Crippen LogP contribution in [0.2, 0.25) is 0 Å². The van der Waals surface area contributed by atoms with Gasteiger partial charge in [0.15, 0.2) is 0 Å². The summed E-state index contributed by atoms with van der Waals surface area (Å²) in [5.74, 6) is 0.222. The van der Waals surface area contributed by atoms with Crippen molar-refractivity contribution in [2.24, 2.45) is 0 Å². The van der Waals surface area contributed by atoms with Crippen LogP contribution < -0.4 is 0 Å². The molecule has 35 heavy (non-hydrogen) atoms. The smallest absolute Gasteiger partial charge is 0.222 e. The Morgan fingerprint density at radius 2 is 1.14 bits per heavy atom. The maximum Gasteiger partial charge on any atom is 0.222 e. The van der Waals surface area contributed by atoms with Crippen LogP contribution in [0.15, 0.2) is 121 Å². The minimum Gasteiger partial charge on any atom is -0.359 e. The van der Waals surface area contributed by atoms with E-state index < -0.39 is 5.60 Å². The molecule has 0 N–H and O–H groups in total. The lowest BCUT2D eigenvalue weighted by atomic mass is 9.80. The topological polar surface area (TPSA) is 29.5 Å². The molecule has 0 unspecified atom stereocenters. The van der Waals surface area contributed by atoms with Crippen molar-refractivity contribution in [3.63, 3.8) is 0 Å². The van der Waals surface area contributed by atoms with E-state index in [2.05, 4.69) is 97.1 Å². The molecule has 0 aliphatic carbocycles. The number of carbonyl (C=O) groups is 1. The van der Waals surface area contributed by atoms with Crippen LogP contribution in [-0.4, -0.2) is 30.0 Å². The minimum atomic E-state index is -0.763. The molecule has 3 nitrogen and oxygen atoms in total. The molecule has 0 bridgehead atoms. The number of likely N-dealkylation sites (tertiary alicyclic amines) is 1. The predicted octanol–water partition coefficient (Wildman–Crippen LogP) is 6.23. The van der Waals surface area contributed by atoms with Gasteiger partial charge in [-0.05, 0) is 35.1 Å². The van der Waals surface area contributed by atoms with E-state index in [1.165, 1.54) is 5.56 Å². The van der Waals surface area contributed by atoms with Gasteiger partial charge in [0, 0.05) is 13.0 Å². The molecule has 3 heteroatoms. The lowest BCUT2D eigenvalue weighted by molar-refractivity contribution is -0.130. The van der Waals surface area contributed by atoms with Crippen LogP contribution in [-0.2, 0) is 21.6 Å². The third-order valence-electron chi connectivity index (χ3n) is 6.97. The van der Waals surface area contributed by atoms with Crippen molar-refractivity contribution in [1.82, 2.24) is 4.90 Å². The van der Waals surface area contributed by atoms with E-state index in [-0.39, 0.29) is 11.9 Å². The van der Waals surface area contributed by atoms with Gasteiger partial charge >= 0.3 is 0 Å². The summed E-state index contributed by atoms with van der Waals surface area (Å²) in [5.41, 5.74) is 3.73. The average molecular weight is 462 g/mol. The molecule has 0 aromatic heterocycles. The maximum absolute atomic E-state index is 12.8. The number of rotatable bonds is 9. The quantitative estimate of drug-likeness (QED) is 0.277. The summed E-state index contributed by atoms with van der Waals surface area (Å²) in [6, 6.07) is 41.7. The highest BCUT2D eigenvalue weighted by Gasteiger charge is 2.40. The number of ether oxygens (including phenoxy) is 1. The largest absolute Gasteiger partial charge is 0.359 e. The van der Waals surface area contributed by atoms with E-state index in [1.807, 2.05) is 29.2 Å². The molecule has 1 fully saturated rings. The van der Waals surface area contributed by atoms with Gasteiger partial charge in [-0.2, -0.15) is 0 Å². The second-order valence-corrected chi connectivity index (χ2v) is 9.11. The molecule has 0 spiro atoms. The van der Waals surface area contributed by atoms with E-state index >= 15 is 0 Å². The summed E-state index contributed by atoms with van der Waals surface area (Å²) in [7, 11) is 0. The molecule has 176 valence electrons. The molecule has 0 saturated carbocycles. The number of nitrogens with zero attached hydrogens (tertiary/aromatic N) is 1. The molecular weight excluding hydrogens is 430 g/mol. The molecule has 1 atom stereocenters. The molecular formula is C32H31NO2. The van der Waals surface area contributed by atoms with Crippen LogP contribution in [0.4, 0.5) is 0 Å². The third-order valence-corrected chi connectivity index (χ3v) is 6.97. The Morgan fingerprint density at radius 1 is 0.686 bits per heavy atom. The van der Waals surface area contributed by atoms with Gasteiger partial charge in [-0.3, -0.25) is 4.79 Å². The Bertz CT molecular complexity index is 1110. The van der Waals surface area contributed by atoms with Gasteiger partial charge in [0.2, 0.25) is 5.91 Å². The molecule has 1 aliphatic rings. The van der Waals surface area contributed by atoms with Crippen LogP contribution in [0.25, 0.3) is 0 Å². The van der Waals surface area contributed by atoms with Crippen molar-refractivity contribution in [1.29, 1.82) is 0 Å². The Balaban J connectivity index is 1.47. The Morgan fingerprint density at radius 3 is 1.63 bits per heavy atom. The zero-order chi connectivity index (χ0) is 23.9. The van der Waals surface area contributed by atoms with Gasteiger partial charge in [-0.25, -0.2) is 0 Å². The molecule has 4 aromatic rings. The van der Waals surface area contributed by atoms with Crippen LogP contribution in [0.1, 0.15) is 35.1 Å². The number of benzene rings is 4. The number of amides is 1. The van der Waals surface area contributed by atoms with E-state index in [9.17, 15) is 4.79 Å². The minimum absolute atomic E-state index is 0.0572. The second kappa shape index (κ2) is 10.7. The lowest BCUT2D eigenvalue weighted by Crippen LogP contribution is -2.41. The summed E-state index contributed by atoms with van der Waals surface area (Å²) in [5, 5.41) is 0. The van der Waals surface area contributed by atoms with Crippen LogP contribution in [0.3, 0.4) is 0 Å². The van der Waals surface area contributed by atoms with Crippen LogP contribution >= 0.6 is 0 Å². The third kappa shape index (κ3) is 4.91. The lowest BCUT2D eigenvalue weighted by Gasteiger charge is -2.38. The predicted molar refractivity (Wildman–Crippen MR) is 140 cm³/mol. The summed E-state index contributed by atoms with van der Waals surface area (Å²) in [6.45, 7) is 1.19. The molecule has 1 aliphatic heterocycles. The Labute approximate surface area is 208 Å². The molecule has 4 aromatic carbocycles. The van der Waals surface area contributed by atoms with Gasteiger partial charge in [0.1, 0.15) is 5.60 Å². The van der Waals surface area contributed by atoms with Crippen molar-refractivity contribution in [3.05, 3.63) is 144 Å². The first-order valence-corrected chi connectivity index (χ1v) is 12.4. The van der Waals surface area contributed by atoms with Crippen molar-refractivity contribution in [3.8, 4) is 0 Å².